The van der Waals surface area contributed by atoms with Crippen LogP contribution in [0.5, 0.6) is 11.5 Å². The molecule has 1 aliphatic rings. The molecule has 2 aromatic carbocycles. The zero-order valence-corrected chi connectivity index (χ0v) is 19.9. The van der Waals surface area contributed by atoms with Crippen LogP contribution in [0, 0.1) is 0 Å². The Kier molecular flexibility index (Phi) is 9.57. The summed E-state index contributed by atoms with van der Waals surface area (Å²) in [5, 5.41) is 4.03. The molecule has 7 nitrogen and oxygen atoms in total. The third kappa shape index (κ3) is 7.49. The molecule has 0 N–H and O–H groups in total. The summed E-state index contributed by atoms with van der Waals surface area (Å²) in [5.41, 5.74) is 2.10. The Morgan fingerprint density at radius 2 is 1.85 bits per heavy atom. The highest BCUT2D eigenvalue weighted by molar-refractivity contribution is 5.82. The number of benzene rings is 2. The molecule has 1 atom stereocenters. The van der Waals surface area contributed by atoms with Gasteiger partial charge < -0.3 is 19.2 Å². The second-order valence-electron chi connectivity index (χ2n) is 8.18. The molecule has 0 aromatic heterocycles. The molecular formula is C26H35N3O4. The second kappa shape index (κ2) is 12.8. The Hall–Kier alpha value is -3.06. The number of piperazine rings is 1. The van der Waals surface area contributed by atoms with Crippen molar-refractivity contribution in [1.29, 1.82) is 0 Å². The predicted molar refractivity (Wildman–Crippen MR) is 130 cm³/mol. The van der Waals surface area contributed by atoms with Crippen molar-refractivity contribution in [3.63, 3.8) is 0 Å². The summed E-state index contributed by atoms with van der Waals surface area (Å²) in [6.07, 6.45) is 3.01. The van der Waals surface area contributed by atoms with Crippen molar-refractivity contribution in [1.82, 2.24) is 9.80 Å². The molecule has 33 heavy (non-hydrogen) atoms. The van der Waals surface area contributed by atoms with E-state index < -0.39 is 6.10 Å². The highest BCUT2D eigenvalue weighted by Crippen LogP contribution is 2.27. The molecule has 1 unspecified atom stereocenters. The lowest BCUT2D eigenvalue weighted by Crippen LogP contribution is -2.50. The van der Waals surface area contributed by atoms with Gasteiger partial charge in [0.1, 0.15) is 0 Å². The van der Waals surface area contributed by atoms with E-state index in [1.54, 1.807) is 20.2 Å². The molecule has 1 amide bonds. The minimum absolute atomic E-state index is 0.0382. The van der Waals surface area contributed by atoms with Crippen molar-refractivity contribution in [2.45, 2.75) is 39.3 Å². The lowest BCUT2D eigenvalue weighted by atomic mass is 10.2. The number of amides is 1. The first kappa shape index (κ1) is 24.6. The smallest absolute Gasteiger partial charge is 0.266 e. The first-order valence-electron chi connectivity index (χ1n) is 11.7. The summed E-state index contributed by atoms with van der Waals surface area (Å²) < 4.78 is 11.2. The molecule has 0 aliphatic carbocycles. The van der Waals surface area contributed by atoms with E-state index in [9.17, 15) is 4.79 Å². The Morgan fingerprint density at radius 1 is 1.09 bits per heavy atom. The summed E-state index contributed by atoms with van der Waals surface area (Å²) in [6, 6.07) is 16.0. The molecule has 2 aromatic rings. The van der Waals surface area contributed by atoms with Crippen LogP contribution in [0.15, 0.2) is 53.7 Å². The molecule has 1 aliphatic heterocycles. The Morgan fingerprint density at radius 3 is 2.55 bits per heavy atom. The Balaban J connectivity index is 1.45. The fourth-order valence-corrected chi connectivity index (χ4v) is 3.66. The van der Waals surface area contributed by atoms with Gasteiger partial charge in [-0.05, 0) is 37.1 Å². The molecular weight excluding hydrogens is 418 g/mol. The number of unbranched alkanes of at least 4 members (excludes halogenated alkanes) is 1. The summed E-state index contributed by atoms with van der Waals surface area (Å²) in [7, 11) is 1.61. The van der Waals surface area contributed by atoms with Crippen LogP contribution in [-0.4, -0.2) is 67.9 Å². The highest BCUT2D eigenvalue weighted by Gasteiger charge is 2.26. The van der Waals surface area contributed by atoms with Gasteiger partial charge in [0, 0.05) is 38.3 Å². The van der Waals surface area contributed by atoms with Gasteiger partial charge in [-0.15, -0.1) is 0 Å². The number of ether oxygens (including phenoxy) is 2. The first-order valence-corrected chi connectivity index (χ1v) is 11.7. The van der Waals surface area contributed by atoms with Crippen LogP contribution in [0.3, 0.4) is 0 Å². The number of methoxy groups -OCH3 is 1. The van der Waals surface area contributed by atoms with Crippen LogP contribution >= 0.6 is 0 Å². The maximum atomic E-state index is 12.7. The standard InChI is InChI=1S/C26H35N3O4/c1-4-5-17-32-24-12-11-23(18-25(24)31-3)19-27-33-21(2)26(30)29-15-13-28(14-16-29)20-22-9-7-6-8-10-22/h6-12,18-19,21H,4-5,13-17,20H2,1-3H3/b27-19+. The van der Waals surface area contributed by atoms with Crippen molar-refractivity contribution < 1.29 is 19.1 Å². The topological polar surface area (TPSA) is 63.6 Å². The number of hydrogen-bond acceptors (Lipinski definition) is 6. The minimum Gasteiger partial charge on any atom is -0.493 e. The molecule has 1 heterocycles. The first-order chi connectivity index (χ1) is 16.1. The van der Waals surface area contributed by atoms with Gasteiger partial charge in [0.05, 0.1) is 19.9 Å². The number of oxime groups is 1. The van der Waals surface area contributed by atoms with E-state index in [1.807, 2.05) is 29.2 Å². The van der Waals surface area contributed by atoms with Gasteiger partial charge in [0.15, 0.2) is 11.5 Å². The fourth-order valence-electron chi connectivity index (χ4n) is 3.66. The van der Waals surface area contributed by atoms with E-state index >= 15 is 0 Å². The van der Waals surface area contributed by atoms with Crippen LogP contribution in [0.1, 0.15) is 37.8 Å². The van der Waals surface area contributed by atoms with Gasteiger partial charge >= 0.3 is 0 Å². The molecule has 0 bridgehead atoms. The quantitative estimate of drug-likeness (QED) is 0.293. The van der Waals surface area contributed by atoms with Gasteiger partial charge in [0.25, 0.3) is 5.91 Å². The molecule has 7 heteroatoms. The van der Waals surface area contributed by atoms with Crippen molar-refractivity contribution in [2.24, 2.45) is 5.16 Å². The SMILES string of the molecule is CCCCOc1ccc(/C=N/OC(C)C(=O)N2CCN(Cc3ccccc3)CC2)cc1OC. The molecule has 0 radical (unpaired) electrons. The maximum absolute atomic E-state index is 12.7. The van der Waals surface area contributed by atoms with Gasteiger partial charge in [-0.2, -0.15) is 0 Å². The van der Waals surface area contributed by atoms with Crippen LogP contribution < -0.4 is 9.47 Å². The van der Waals surface area contributed by atoms with Crippen molar-refractivity contribution in [2.75, 3.05) is 39.9 Å². The molecule has 178 valence electrons. The summed E-state index contributed by atoms with van der Waals surface area (Å²) in [6.45, 7) is 8.51. The molecule has 0 saturated carbocycles. The van der Waals surface area contributed by atoms with E-state index in [2.05, 4.69) is 41.2 Å². The molecule has 0 spiro atoms. The zero-order valence-electron chi connectivity index (χ0n) is 19.9. The molecule has 1 fully saturated rings. The van der Waals surface area contributed by atoms with Crippen LogP contribution in [0.2, 0.25) is 0 Å². The Labute approximate surface area is 196 Å². The normalized spacial score (nSPS) is 15.4. The van der Waals surface area contributed by atoms with Crippen LogP contribution in [0.25, 0.3) is 0 Å². The van der Waals surface area contributed by atoms with Gasteiger partial charge in [-0.25, -0.2) is 0 Å². The molecule has 3 rings (SSSR count). The second-order valence-corrected chi connectivity index (χ2v) is 8.18. The predicted octanol–water partition coefficient (Wildman–Crippen LogP) is 3.96. The third-order valence-corrected chi connectivity index (χ3v) is 5.64. The maximum Gasteiger partial charge on any atom is 0.266 e. The number of hydrogen-bond donors (Lipinski definition) is 0. The van der Waals surface area contributed by atoms with Crippen LogP contribution in [0.4, 0.5) is 0 Å². The monoisotopic (exact) mass is 453 g/mol. The number of carbonyl (C=O) groups is 1. The van der Waals surface area contributed by atoms with E-state index in [0.717, 1.165) is 38.0 Å². The van der Waals surface area contributed by atoms with Crippen molar-refractivity contribution in [3.05, 3.63) is 59.7 Å². The number of carbonyl (C=O) groups excluding carboxylic acids is 1. The minimum atomic E-state index is -0.638. The van der Waals surface area contributed by atoms with E-state index in [1.165, 1.54) is 5.56 Å². The van der Waals surface area contributed by atoms with Crippen molar-refractivity contribution in [3.8, 4) is 11.5 Å². The fraction of sp³-hybridized carbons (Fsp3) is 0.462. The van der Waals surface area contributed by atoms with Gasteiger partial charge in [-0.3, -0.25) is 9.69 Å². The lowest BCUT2D eigenvalue weighted by molar-refractivity contribution is -0.144. The van der Waals surface area contributed by atoms with E-state index in [4.69, 9.17) is 14.3 Å². The Bertz CT molecular complexity index is 896. The third-order valence-electron chi connectivity index (χ3n) is 5.64. The summed E-state index contributed by atoms with van der Waals surface area (Å²) in [4.78, 5) is 22.4. The van der Waals surface area contributed by atoms with E-state index in [-0.39, 0.29) is 5.91 Å². The van der Waals surface area contributed by atoms with Gasteiger partial charge in [0.2, 0.25) is 6.10 Å². The highest BCUT2D eigenvalue weighted by atomic mass is 16.6. The lowest BCUT2D eigenvalue weighted by Gasteiger charge is -2.35. The largest absolute Gasteiger partial charge is 0.493 e. The van der Waals surface area contributed by atoms with Gasteiger partial charge in [-0.1, -0.05) is 48.8 Å². The average molecular weight is 454 g/mol. The zero-order chi connectivity index (χ0) is 23.5. The number of nitrogens with zero attached hydrogens (tertiary/aromatic N) is 3. The molecule has 1 saturated heterocycles. The van der Waals surface area contributed by atoms with Crippen LogP contribution in [-0.2, 0) is 16.2 Å². The summed E-state index contributed by atoms with van der Waals surface area (Å²) >= 11 is 0. The summed E-state index contributed by atoms with van der Waals surface area (Å²) in [5.74, 6) is 1.32. The number of rotatable bonds is 11. The van der Waals surface area contributed by atoms with Crippen molar-refractivity contribution >= 4 is 12.1 Å². The average Bonchev–Trinajstić information content (AvgIpc) is 2.85. The van der Waals surface area contributed by atoms with E-state index in [0.29, 0.717) is 31.2 Å².